The van der Waals surface area contributed by atoms with Crippen LogP contribution in [0.25, 0.3) is 44.2 Å². The smallest absolute Gasteiger partial charge is 0.200 e. The van der Waals surface area contributed by atoms with Crippen molar-refractivity contribution in [3.63, 3.8) is 0 Å². The van der Waals surface area contributed by atoms with E-state index in [1.807, 2.05) is 12.1 Å². The van der Waals surface area contributed by atoms with Crippen LogP contribution >= 0.6 is 0 Å². The van der Waals surface area contributed by atoms with Crippen molar-refractivity contribution < 1.29 is 4.42 Å². The van der Waals surface area contributed by atoms with Gasteiger partial charge in [0.1, 0.15) is 11.2 Å². The van der Waals surface area contributed by atoms with E-state index in [-0.39, 0.29) is 5.43 Å². The maximum Gasteiger partial charge on any atom is 0.200 e. The molecule has 232 valence electrons. The van der Waals surface area contributed by atoms with Crippen LogP contribution in [0.1, 0.15) is 33.4 Å². The summed E-state index contributed by atoms with van der Waals surface area (Å²) in [6.45, 7) is 4.22. The van der Waals surface area contributed by atoms with Gasteiger partial charge in [0.15, 0.2) is 0 Å². The van der Waals surface area contributed by atoms with Crippen LogP contribution in [0.15, 0.2) is 161 Å². The first kappa shape index (κ1) is 27.9. The Labute approximate surface area is 284 Å². The molecule has 1 spiro atoms. The minimum absolute atomic E-state index is 0.0104. The quantitative estimate of drug-likeness (QED) is 0.178. The summed E-state index contributed by atoms with van der Waals surface area (Å²) < 4.78 is 6.68. The van der Waals surface area contributed by atoms with Gasteiger partial charge in [-0.15, -0.1) is 0 Å². The van der Waals surface area contributed by atoms with Crippen LogP contribution in [-0.4, -0.2) is 0 Å². The van der Waals surface area contributed by atoms with Gasteiger partial charge in [-0.1, -0.05) is 109 Å². The summed E-state index contributed by atoms with van der Waals surface area (Å²) in [5.74, 6) is 0. The van der Waals surface area contributed by atoms with E-state index in [0.717, 1.165) is 44.9 Å². The van der Waals surface area contributed by atoms with Gasteiger partial charge in [0.25, 0.3) is 0 Å². The molecule has 8 aromatic rings. The predicted octanol–water partition coefficient (Wildman–Crippen LogP) is 11.4. The highest BCUT2D eigenvalue weighted by Gasteiger charge is 2.51. The van der Waals surface area contributed by atoms with Crippen LogP contribution in [0.4, 0.5) is 17.1 Å². The molecule has 0 radical (unpaired) electrons. The number of anilines is 3. The molecule has 3 heteroatoms. The monoisotopic (exact) mass is 629 g/mol. The van der Waals surface area contributed by atoms with Gasteiger partial charge in [-0.3, -0.25) is 4.79 Å². The minimum atomic E-state index is -0.612. The van der Waals surface area contributed by atoms with Gasteiger partial charge in [0, 0.05) is 5.69 Å². The highest BCUT2D eigenvalue weighted by Crippen LogP contribution is 2.63. The molecule has 0 N–H and O–H groups in total. The van der Waals surface area contributed by atoms with Gasteiger partial charge >= 0.3 is 0 Å². The third kappa shape index (κ3) is 3.76. The SMILES string of the molecule is Cc1ccc(-c2ccc3oc4cc5c(cc4c(=O)c3c2)-c2ccccc2C52c3ccccc3N(c3ccccc3)c3ccccc32)c(C)c1. The fourth-order valence-corrected chi connectivity index (χ4v) is 8.61. The minimum Gasteiger partial charge on any atom is -0.456 e. The van der Waals surface area contributed by atoms with Crippen molar-refractivity contribution in [3.05, 3.63) is 195 Å². The third-order valence-corrected chi connectivity index (χ3v) is 10.6. The van der Waals surface area contributed by atoms with Gasteiger partial charge in [-0.2, -0.15) is 0 Å². The molecule has 1 aliphatic heterocycles. The number of fused-ring (bicyclic) bond motifs is 11. The summed E-state index contributed by atoms with van der Waals surface area (Å²) in [7, 11) is 0. The number of hydrogen-bond donors (Lipinski definition) is 0. The first-order valence-corrected chi connectivity index (χ1v) is 16.8. The highest BCUT2D eigenvalue weighted by atomic mass is 16.3. The van der Waals surface area contributed by atoms with Crippen molar-refractivity contribution in [1.29, 1.82) is 0 Å². The lowest BCUT2D eigenvalue weighted by atomic mass is 9.64. The van der Waals surface area contributed by atoms with Crippen LogP contribution in [0.3, 0.4) is 0 Å². The Bertz CT molecular complexity index is 2670. The summed E-state index contributed by atoms with van der Waals surface area (Å²) >= 11 is 0. The van der Waals surface area contributed by atoms with Gasteiger partial charge in [0.05, 0.1) is 27.6 Å². The molecule has 2 aliphatic rings. The number of aryl methyl sites for hydroxylation is 2. The topological polar surface area (TPSA) is 33.5 Å². The van der Waals surface area contributed by atoms with Gasteiger partial charge in [-0.25, -0.2) is 0 Å². The highest BCUT2D eigenvalue weighted by molar-refractivity contribution is 6.01. The molecular formula is C46H31NO2. The lowest BCUT2D eigenvalue weighted by molar-refractivity contribution is 0.657. The standard InChI is InChI=1S/C46H31NO2/c1-28-20-22-32(29(2)24-28)30-21-23-43-35(25-30)45(48)36-26-34-33-14-6-7-15-37(33)46(40(34)27-44(36)49-43)38-16-8-10-18-41(38)47(31-12-4-3-5-13-31)42-19-11-9-17-39(42)46/h3-27H,1-2H3. The summed E-state index contributed by atoms with van der Waals surface area (Å²) in [4.78, 5) is 16.8. The maximum atomic E-state index is 14.4. The number of para-hydroxylation sites is 3. The molecular weight excluding hydrogens is 599 g/mol. The van der Waals surface area contributed by atoms with Crippen LogP contribution < -0.4 is 10.3 Å². The molecule has 10 rings (SSSR count). The zero-order valence-corrected chi connectivity index (χ0v) is 27.2. The van der Waals surface area contributed by atoms with E-state index < -0.39 is 5.41 Å². The lowest BCUT2D eigenvalue weighted by Gasteiger charge is -2.45. The second kappa shape index (κ2) is 10.2. The van der Waals surface area contributed by atoms with Gasteiger partial charge < -0.3 is 9.32 Å². The molecule has 49 heavy (non-hydrogen) atoms. The fourth-order valence-electron chi connectivity index (χ4n) is 8.61. The molecule has 0 bridgehead atoms. The summed E-state index contributed by atoms with van der Waals surface area (Å²) in [5.41, 5.74) is 15.4. The van der Waals surface area contributed by atoms with E-state index >= 15 is 0 Å². The number of nitrogens with zero attached hydrogens (tertiary/aromatic N) is 1. The molecule has 0 unspecified atom stereocenters. The van der Waals surface area contributed by atoms with Crippen molar-refractivity contribution in [2.75, 3.05) is 4.90 Å². The molecule has 1 aliphatic carbocycles. The average molecular weight is 630 g/mol. The van der Waals surface area contributed by atoms with Crippen LogP contribution in [0.5, 0.6) is 0 Å². The summed E-state index contributed by atoms with van der Waals surface area (Å²) in [5, 5.41) is 1.19. The largest absolute Gasteiger partial charge is 0.456 e. The molecule has 0 saturated carbocycles. The zero-order chi connectivity index (χ0) is 32.9. The first-order chi connectivity index (χ1) is 24.0. The number of hydrogen-bond acceptors (Lipinski definition) is 3. The Kier molecular flexibility index (Phi) is 5.78. The molecule has 0 saturated heterocycles. The van der Waals surface area contributed by atoms with Crippen molar-refractivity contribution in [2.24, 2.45) is 0 Å². The average Bonchev–Trinajstić information content (AvgIpc) is 3.41. The molecule has 7 aromatic carbocycles. The van der Waals surface area contributed by atoms with Crippen LogP contribution in [-0.2, 0) is 5.41 Å². The third-order valence-electron chi connectivity index (χ3n) is 10.6. The second-order valence-corrected chi connectivity index (χ2v) is 13.4. The molecule has 0 amide bonds. The lowest BCUT2D eigenvalue weighted by Crippen LogP contribution is -2.36. The van der Waals surface area contributed by atoms with Gasteiger partial charge in [-0.05, 0) is 112 Å². The van der Waals surface area contributed by atoms with E-state index in [9.17, 15) is 4.79 Å². The van der Waals surface area contributed by atoms with E-state index in [2.05, 4.69) is 158 Å². The van der Waals surface area contributed by atoms with E-state index in [4.69, 9.17) is 4.42 Å². The van der Waals surface area contributed by atoms with Crippen molar-refractivity contribution in [1.82, 2.24) is 0 Å². The Hall–Kier alpha value is -6.19. The second-order valence-electron chi connectivity index (χ2n) is 13.4. The Morgan fingerprint density at radius 1 is 0.510 bits per heavy atom. The Morgan fingerprint density at radius 2 is 1.16 bits per heavy atom. The zero-order valence-electron chi connectivity index (χ0n) is 27.2. The van der Waals surface area contributed by atoms with Gasteiger partial charge in [0.2, 0.25) is 5.43 Å². The fraction of sp³-hybridized carbons (Fsp3) is 0.0652. The van der Waals surface area contributed by atoms with Crippen molar-refractivity contribution >= 4 is 39.0 Å². The summed E-state index contributed by atoms with van der Waals surface area (Å²) in [6, 6.07) is 53.4. The normalized spacial score (nSPS) is 13.7. The Balaban J connectivity index is 1.28. The molecule has 2 heterocycles. The maximum absolute atomic E-state index is 14.4. The van der Waals surface area contributed by atoms with Crippen molar-refractivity contribution in [3.8, 4) is 22.3 Å². The van der Waals surface area contributed by atoms with E-state index in [0.29, 0.717) is 21.9 Å². The van der Waals surface area contributed by atoms with E-state index in [1.54, 1.807) is 0 Å². The molecule has 3 nitrogen and oxygen atoms in total. The summed E-state index contributed by atoms with van der Waals surface area (Å²) in [6.07, 6.45) is 0. The number of benzene rings is 7. The number of rotatable bonds is 2. The van der Waals surface area contributed by atoms with Crippen molar-refractivity contribution in [2.45, 2.75) is 19.3 Å². The molecule has 0 fully saturated rings. The Morgan fingerprint density at radius 3 is 1.90 bits per heavy atom. The molecule has 1 aromatic heterocycles. The van der Waals surface area contributed by atoms with E-state index in [1.165, 1.54) is 27.8 Å². The van der Waals surface area contributed by atoms with Crippen LogP contribution in [0.2, 0.25) is 0 Å². The molecule has 0 atom stereocenters. The van der Waals surface area contributed by atoms with Crippen LogP contribution in [0, 0.1) is 13.8 Å². The predicted molar refractivity (Wildman–Crippen MR) is 200 cm³/mol. The first-order valence-electron chi connectivity index (χ1n) is 16.8.